The van der Waals surface area contributed by atoms with Crippen molar-refractivity contribution < 1.29 is 19.5 Å². The van der Waals surface area contributed by atoms with E-state index < -0.39 is 36.5 Å². The van der Waals surface area contributed by atoms with Crippen LogP contribution in [0, 0.1) is 0 Å². The predicted molar refractivity (Wildman–Crippen MR) is 72.2 cm³/mol. The highest BCUT2D eigenvalue weighted by molar-refractivity contribution is 8.14. The Bertz CT molecular complexity index is 455. The van der Waals surface area contributed by atoms with E-state index in [1.807, 2.05) is 0 Å². The second-order valence-electron chi connectivity index (χ2n) is 4.18. The monoisotopic (exact) mass is 301 g/mol. The Morgan fingerprint density at radius 1 is 1.55 bits per heavy atom. The van der Waals surface area contributed by atoms with E-state index >= 15 is 0 Å². The second-order valence-corrected chi connectivity index (χ2v) is 5.26. The van der Waals surface area contributed by atoms with Crippen molar-refractivity contribution in [2.75, 3.05) is 25.4 Å². The molecule has 2 rings (SSSR count). The average molecular weight is 301 g/mol. The van der Waals surface area contributed by atoms with Crippen molar-refractivity contribution in [3.8, 4) is 0 Å². The number of hydrogen-bond donors (Lipinski definition) is 5. The van der Waals surface area contributed by atoms with Gasteiger partial charge in [-0.15, -0.1) is 0 Å². The van der Waals surface area contributed by atoms with Crippen LogP contribution in [0.2, 0.25) is 0 Å². The van der Waals surface area contributed by atoms with E-state index in [9.17, 15) is 19.5 Å². The zero-order valence-corrected chi connectivity index (χ0v) is 11.3. The lowest BCUT2D eigenvalue weighted by Gasteiger charge is -2.17. The fourth-order valence-electron chi connectivity index (χ4n) is 1.68. The number of carbonyl (C=O) groups is 3. The molecule has 10 heteroatoms. The number of carbonyl (C=O) groups excluding carboxylic acids is 3. The highest BCUT2D eigenvalue weighted by atomic mass is 32.2. The Labute approximate surface area is 119 Å². The molecule has 1 saturated heterocycles. The molecule has 0 aromatic heterocycles. The Hall–Kier alpha value is -1.81. The minimum atomic E-state index is -1.08. The van der Waals surface area contributed by atoms with Gasteiger partial charge in [0.1, 0.15) is 12.1 Å². The number of thioether (sulfide) groups is 1. The third-order valence-corrected chi connectivity index (χ3v) is 3.61. The molecule has 0 spiro atoms. The predicted octanol–water partition coefficient (Wildman–Crippen LogP) is -2.64. The third kappa shape index (κ3) is 3.61. The molecule has 4 amide bonds. The zero-order chi connectivity index (χ0) is 14.5. The van der Waals surface area contributed by atoms with Crippen molar-refractivity contribution in [2.45, 2.75) is 12.1 Å². The molecular formula is C10H15N5O4S. The summed E-state index contributed by atoms with van der Waals surface area (Å²) in [5, 5.41) is 19.4. The number of hydrogen-bond acceptors (Lipinski definition) is 6. The number of rotatable bonds is 4. The second kappa shape index (κ2) is 6.57. The highest BCUT2D eigenvalue weighted by Gasteiger charge is 2.30. The first-order valence-corrected chi connectivity index (χ1v) is 7.02. The van der Waals surface area contributed by atoms with E-state index in [-0.39, 0.29) is 6.54 Å². The van der Waals surface area contributed by atoms with E-state index in [0.29, 0.717) is 11.7 Å². The van der Waals surface area contributed by atoms with Crippen LogP contribution in [0.5, 0.6) is 0 Å². The zero-order valence-electron chi connectivity index (χ0n) is 10.5. The highest BCUT2D eigenvalue weighted by Crippen LogP contribution is 2.08. The first kappa shape index (κ1) is 14.6. The van der Waals surface area contributed by atoms with Gasteiger partial charge < -0.3 is 26.4 Å². The molecule has 2 heterocycles. The molecule has 110 valence electrons. The fraction of sp³-hybridized carbons (Fsp3) is 0.600. The number of urea groups is 1. The maximum atomic E-state index is 11.9. The van der Waals surface area contributed by atoms with E-state index in [0.717, 1.165) is 5.75 Å². The maximum Gasteiger partial charge on any atom is 0.315 e. The van der Waals surface area contributed by atoms with Crippen molar-refractivity contribution in [1.82, 2.24) is 21.3 Å². The molecule has 20 heavy (non-hydrogen) atoms. The summed E-state index contributed by atoms with van der Waals surface area (Å²) in [5.74, 6) is -0.268. The summed E-state index contributed by atoms with van der Waals surface area (Å²) in [6.45, 7) is 0.243. The number of amidine groups is 1. The van der Waals surface area contributed by atoms with Crippen molar-refractivity contribution >= 4 is 34.8 Å². The normalized spacial score (nSPS) is 22.6. The topological polar surface area (TPSA) is 132 Å². The molecular weight excluding hydrogens is 286 g/mol. The average Bonchev–Trinajstić information content (AvgIpc) is 3.07. The van der Waals surface area contributed by atoms with Gasteiger partial charge in [0.05, 0.1) is 13.2 Å². The van der Waals surface area contributed by atoms with E-state index in [1.165, 1.54) is 11.8 Å². The summed E-state index contributed by atoms with van der Waals surface area (Å²) in [6, 6.07) is -2.27. The number of aliphatic imine (C=N–C) groups is 1. The van der Waals surface area contributed by atoms with Crippen LogP contribution in [0.1, 0.15) is 0 Å². The van der Waals surface area contributed by atoms with Gasteiger partial charge in [0.25, 0.3) is 5.91 Å². The van der Waals surface area contributed by atoms with Gasteiger partial charge in [-0.1, -0.05) is 11.8 Å². The van der Waals surface area contributed by atoms with Crippen LogP contribution in [-0.2, 0) is 9.59 Å². The summed E-state index contributed by atoms with van der Waals surface area (Å²) in [7, 11) is 0. The lowest BCUT2D eigenvalue weighted by atomic mass is 10.2. The molecule has 2 unspecified atom stereocenters. The van der Waals surface area contributed by atoms with Gasteiger partial charge in [-0.05, 0) is 0 Å². The van der Waals surface area contributed by atoms with Gasteiger partial charge in [-0.25, -0.2) is 4.79 Å². The van der Waals surface area contributed by atoms with Gasteiger partial charge >= 0.3 is 6.03 Å². The quantitative estimate of drug-likeness (QED) is 0.387. The van der Waals surface area contributed by atoms with Crippen LogP contribution in [0.15, 0.2) is 4.99 Å². The smallest absolute Gasteiger partial charge is 0.315 e. The van der Waals surface area contributed by atoms with E-state index in [2.05, 4.69) is 26.3 Å². The Morgan fingerprint density at radius 2 is 2.35 bits per heavy atom. The van der Waals surface area contributed by atoms with Gasteiger partial charge in [0.15, 0.2) is 5.17 Å². The molecule has 1 fully saturated rings. The van der Waals surface area contributed by atoms with Crippen LogP contribution in [0.25, 0.3) is 0 Å². The molecule has 0 bridgehead atoms. The number of amides is 4. The summed E-state index contributed by atoms with van der Waals surface area (Å²) in [5.41, 5.74) is 0. The molecule has 0 aromatic rings. The van der Waals surface area contributed by atoms with Crippen LogP contribution in [-0.4, -0.2) is 65.7 Å². The molecule has 2 aliphatic heterocycles. The number of nitrogens with zero attached hydrogens (tertiary/aromatic N) is 1. The molecule has 9 nitrogen and oxygen atoms in total. The van der Waals surface area contributed by atoms with Crippen molar-refractivity contribution in [3.63, 3.8) is 0 Å². The molecule has 2 aliphatic rings. The minimum Gasteiger partial charge on any atom is -0.394 e. The Balaban J connectivity index is 1.86. The van der Waals surface area contributed by atoms with Crippen molar-refractivity contribution in [3.05, 3.63) is 0 Å². The number of aliphatic hydroxyl groups is 1. The molecule has 0 saturated carbocycles. The molecule has 0 aliphatic carbocycles. The maximum absolute atomic E-state index is 11.9. The summed E-state index contributed by atoms with van der Waals surface area (Å²) < 4.78 is 0. The standard InChI is InChI=1S/C10H15N5O4S/c16-4-6(8(18)15-10-11-1-2-20-10)13-7(17)5-3-12-9(19)14-5/h5-6,16H,1-4H2,(H,13,17)(H,11,15,18)(H2,12,14,19). The van der Waals surface area contributed by atoms with E-state index in [1.54, 1.807) is 0 Å². The van der Waals surface area contributed by atoms with Crippen LogP contribution in [0.3, 0.4) is 0 Å². The summed E-state index contributed by atoms with van der Waals surface area (Å²) in [6.07, 6.45) is 0. The Morgan fingerprint density at radius 3 is 2.90 bits per heavy atom. The van der Waals surface area contributed by atoms with Crippen molar-refractivity contribution in [1.29, 1.82) is 0 Å². The van der Waals surface area contributed by atoms with Crippen LogP contribution in [0.4, 0.5) is 4.79 Å². The first-order chi connectivity index (χ1) is 9.60. The molecule has 5 N–H and O–H groups in total. The van der Waals surface area contributed by atoms with Gasteiger partial charge in [0.2, 0.25) is 5.91 Å². The van der Waals surface area contributed by atoms with Crippen molar-refractivity contribution in [2.24, 2.45) is 4.99 Å². The first-order valence-electron chi connectivity index (χ1n) is 6.04. The number of nitrogens with one attached hydrogen (secondary N) is 4. The van der Waals surface area contributed by atoms with Gasteiger partial charge in [0, 0.05) is 12.3 Å². The lowest BCUT2D eigenvalue weighted by Crippen LogP contribution is -2.54. The van der Waals surface area contributed by atoms with Gasteiger partial charge in [-0.3, -0.25) is 14.6 Å². The molecule has 0 radical (unpaired) electrons. The summed E-state index contributed by atoms with van der Waals surface area (Å²) >= 11 is 1.40. The largest absolute Gasteiger partial charge is 0.394 e. The molecule has 2 atom stereocenters. The number of aliphatic hydroxyl groups excluding tert-OH is 1. The molecule has 0 aromatic carbocycles. The van der Waals surface area contributed by atoms with E-state index in [4.69, 9.17) is 0 Å². The minimum absolute atomic E-state index is 0.146. The third-order valence-electron chi connectivity index (χ3n) is 2.72. The Kier molecular flexibility index (Phi) is 4.79. The van der Waals surface area contributed by atoms with Crippen LogP contribution < -0.4 is 21.3 Å². The lowest BCUT2D eigenvalue weighted by molar-refractivity contribution is -0.129. The SMILES string of the molecule is O=C1NCC(C(=O)NC(CO)C(=O)NC2=NCCS2)N1. The fourth-order valence-corrected chi connectivity index (χ4v) is 2.41. The van der Waals surface area contributed by atoms with Crippen LogP contribution >= 0.6 is 11.8 Å². The summed E-state index contributed by atoms with van der Waals surface area (Å²) in [4.78, 5) is 38.6. The van der Waals surface area contributed by atoms with Gasteiger partial charge in [-0.2, -0.15) is 0 Å².